The van der Waals surface area contributed by atoms with E-state index in [1.54, 1.807) is 0 Å². The molecule has 7 heterocycles. The van der Waals surface area contributed by atoms with Crippen LogP contribution in [0.4, 0.5) is 19.0 Å². The smallest absolute Gasteiger partial charge is 0.319 e. The van der Waals surface area contributed by atoms with Crippen LogP contribution in [0.3, 0.4) is 0 Å². The number of hydrogen-bond acceptors (Lipinski definition) is 9. The fourth-order valence-corrected chi connectivity index (χ4v) is 8.82. The number of phenols is 1. The summed E-state index contributed by atoms with van der Waals surface area (Å²) < 4.78 is 59.4. The van der Waals surface area contributed by atoms with Crippen LogP contribution in [0.1, 0.15) is 37.7 Å². The number of phenolic OH excluding ortho intramolecular Hbond substituents is 1. The fraction of sp³-hybridized carbons (Fsp3) is 0.417. The van der Waals surface area contributed by atoms with Gasteiger partial charge in [0, 0.05) is 61.6 Å². The van der Waals surface area contributed by atoms with E-state index in [4.69, 9.17) is 20.9 Å². The molecule has 9 nitrogen and oxygen atoms in total. The summed E-state index contributed by atoms with van der Waals surface area (Å²) in [5.41, 5.74) is 0.153. The summed E-state index contributed by atoms with van der Waals surface area (Å²) in [6, 6.07) is 5.88. The zero-order valence-corrected chi connectivity index (χ0v) is 26.1. The Bertz CT molecular complexity index is 2090. The van der Waals surface area contributed by atoms with Crippen LogP contribution in [0.2, 0.25) is 0 Å². The van der Waals surface area contributed by atoms with Crippen LogP contribution in [0.5, 0.6) is 17.6 Å². The van der Waals surface area contributed by atoms with Crippen molar-refractivity contribution in [1.82, 2.24) is 25.2 Å². The largest absolute Gasteiger partial charge is 0.508 e. The lowest BCUT2D eigenvalue weighted by molar-refractivity contribution is 0.107. The number of alkyl halides is 1. The molecule has 4 fully saturated rings. The molecule has 0 saturated carbocycles. The average molecular weight is 655 g/mol. The molecule has 246 valence electrons. The third kappa shape index (κ3) is 4.44. The lowest BCUT2D eigenvalue weighted by Gasteiger charge is -2.43. The number of halogens is 3. The second-order valence-corrected chi connectivity index (χ2v) is 13.8. The Morgan fingerprint density at radius 1 is 1.15 bits per heavy atom. The number of ether oxygens (including phenoxy) is 2. The number of fused-ring (bicyclic) bond motifs is 7. The van der Waals surface area contributed by atoms with Gasteiger partial charge in [0.2, 0.25) is 5.88 Å². The number of nitrogens with zero attached hydrogens (tertiary/aromatic N) is 5. The van der Waals surface area contributed by atoms with Crippen molar-refractivity contribution in [2.24, 2.45) is 0 Å². The molecule has 9 rings (SSSR count). The van der Waals surface area contributed by atoms with Gasteiger partial charge >= 0.3 is 6.01 Å². The molecule has 0 amide bonds. The SMILES string of the molecule is C#Cc1c(F)ccc2cc(O)cc(-c3nc4c5c(nc(OC[C@]67CC(=C)CN6C[C@@H](F)C7)nc5c3F)N3C[C@H]5CC[C@H](N5)[C@H]3CCO4)c12. The number of benzene rings is 2. The standard InChI is InChI=1S/C36H33F3N6O3/c1-3-23-25(38)6-4-19-10-22(46)11-24(28(19)23)31-30(39)32-29-33(45-16-21-5-7-26(40-21)27(45)8-9-47-34(29)41-31)43-35(42-32)48-17-36-12-18(2)14-44(36)15-20(37)13-36/h1,4,6,10-11,20-21,26-27,40,46H,2,5,7-9,12-17H2/t20-,21+,26-,27+,36+/m0/s1. The molecule has 0 aliphatic carbocycles. The van der Waals surface area contributed by atoms with E-state index in [1.807, 2.05) is 0 Å². The highest BCUT2D eigenvalue weighted by molar-refractivity contribution is 6.04. The molecule has 5 atom stereocenters. The lowest BCUT2D eigenvalue weighted by Crippen LogP contribution is -2.59. The molecule has 4 aromatic rings. The first kappa shape index (κ1) is 29.5. The van der Waals surface area contributed by atoms with Gasteiger partial charge in [-0.2, -0.15) is 9.97 Å². The van der Waals surface area contributed by atoms with Gasteiger partial charge in [-0.05, 0) is 42.8 Å². The Hall–Kier alpha value is -4.60. The number of rotatable bonds is 4. The predicted molar refractivity (Wildman–Crippen MR) is 174 cm³/mol. The highest BCUT2D eigenvalue weighted by Gasteiger charge is 2.51. The highest BCUT2D eigenvalue weighted by atomic mass is 19.1. The van der Waals surface area contributed by atoms with Crippen molar-refractivity contribution in [3.8, 4) is 41.2 Å². The van der Waals surface area contributed by atoms with Crippen LogP contribution in [-0.2, 0) is 0 Å². The second-order valence-electron chi connectivity index (χ2n) is 13.8. The minimum Gasteiger partial charge on any atom is -0.508 e. The summed E-state index contributed by atoms with van der Waals surface area (Å²) in [5.74, 6) is 1.31. The number of hydrogen-bond donors (Lipinski definition) is 2. The summed E-state index contributed by atoms with van der Waals surface area (Å²) in [5, 5.41) is 15.3. The molecular weight excluding hydrogens is 621 g/mol. The van der Waals surface area contributed by atoms with Gasteiger partial charge in [-0.25, -0.2) is 18.2 Å². The lowest BCUT2D eigenvalue weighted by atomic mass is 9.93. The number of aromatic nitrogens is 3. The van der Waals surface area contributed by atoms with Gasteiger partial charge in [0.1, 0.15) is 46.8 Å². The van der Waals surface area contributed by atoms with Crippen LogP contribution in [0.25, 0.3) is 32.9 Å². The maximum Gasteiger partial charge on any atom is 0.319 e. The van der Waals surface area contributed by atoms with Gasteiger partial charge in [-0.3, -0.25) is 4.90 Å². The normalized spacial score (nSPS) is 27.8. The zero-order chi connectivity index (χ0) is 32.9. The second kappa shape index (κ2) is 10.7. The van der Waals surface area contributed by atoms with Gasteiger partial charge in [-0.1, -0.05) is 24.1 Å². The van der Waals surface area contributed by atoms with Crippen molar-refractivity contribution >= 4 is 27.5 Å². The van der Waals surface area contributed by atoms with Crippen molar-refractivity contribution in [1.29, 1.82) is 0 Å². The average Bonchev–Trinajstić information content (AvgIpc) is 3.69. The molecule has 48 heavy (non-hydrogen) atoms. The van der Waals surface area contributed by atoms with Gasteiger partial charge < -0.3 is 24.8 Å². The van der Waals surface area contributed by atoms with Crippen LogP contribution < -0.4 is 19.7 Å². The van der Waals surface area contributed by atoms with Gasteiger partial charge in [0.05, 0.1) is 17.7 Å². The Balaban J connectivity index is 1.25. The van der Waals surface area contributed by atoms with Crippen molar-refractivity contribution < 1.29 is 27.8 Å². The zero-order valence-electron chi connectivity index (χ0n) is 26.1. The monoisotopic (exact) mass is 654 g/mol. The first-order valence-electron chi connectivity index (χ1n) is 16.4. The van der Waals surface area contributed by atoms with Gasteiger partial charge in [0.25, 0.3) is 0 Å². The van der Waals surface area contributed by atoms with E-state index < -0.39 is 23.3 Å². The molecule has 2 aromatic heterocycles. The number of terminal acetylenes is 1. The first-order chi connectivity index (χ1) is 23.2. The summed E-state index contributed by atoms with van der Waals surface area (Å²) in [6.07, 6.45) is 8.33. The van der Waals surface area contributed by atoms with Crippen LogP contribution >= 0.6 is 0 Å². The molecule has 12 heteroatoms. The fourth-order valence-electron chi connectivity index (χ4n) is 8.82. The number of aromatic hydroxyl groups is 1. The molecule has 5 aliphatic heterocycles. The van der Waals surface area contributed by atoms with Crippen LogP contribution in [0, 0.1) is 24.0 Å². The summed E-state index contributed by atoms with van der Waals surface area (Å²) in [4.78, 5) is 18.4. The molecule has 0 radical (unpaired) electrons. The van der Waals surface area contributed by atoms with E-state index in [-0.39, 0.29) is 70.1 Å². The molecule has 2 bridgehead atoms. The van der Waals surface area contributed by atoms with Crippen LogP contribution in [-0.4, -0.2) is 87.6 Å². The number of pyridine rings is 1. The molecule has 2 N–H and O–H groups in total. The quantitative estimate of drug-likeness (QED) is 0.232. The molecule has 0 spiro atoms. The predicted octanol–water partition coefficient (Wildman–Crippen LogP) is 5.02. The van der Waals surface area contributed by atoms with E-state index in [0.29, 0.717) is 62.1 Å². The Morgan fingerprint density at radius 2 is 2.02 bits per heavy atom. The Kier molecular flexibility index (Phi) is 6.59. The molecule has 2 aromatic carbocycles. The summed E-state index contributed by atoms with van der Waals surface area (Å²) in [7, 11) is 0. The van der Waals surface area contributed by atoms with E-state index >= 15 is 4.39 Å². The molecule has 0 unspecified atom stereocenters. The number of piperazine rings is 1. The maximum absolute atomic E-state index is 17.1. The van der Waals surface area contributed by atoms with Crippen molar-refractivity contribution in [2.45, 2.75) is 61.9 Å². The third-order valence-corrected chi connectivity index (χ3v) is 10.8. The summed E-state index contributed by atoms with van der Waals surface area (Å²) >= 11 is 0. The Labute approximate surface area is 274 Å². The molecular formula is C36H33F3N6O3. The van der Waals surface area contributed by atoms with E-state index in [2.05, 4.69) is 37.6 Å². The molecule has 5 aliphatic rings. The van der Waals surface area contributed by atoms with Crippen molar-refractivity contribution in [3.63, 3.8) is 0 Å². The summed E-state index contributed by atoms with van der Waals surface area (Å²) in [6.45, 7) is 6.12. The van der Waals surface area contributed by atoms with Crippen molar-refractivity contribution in [3.05, 3.63) is 53.6 Å². The topological polar surface area (TPSA) is 95.9 Å². The van der Waals surface area contributed by atoms with E-state index in [1.165, 1.54) is 24.3 Å². The van der Waals surface area contributed by atoms with E-state index in [9.17, 15) is 13.9 Å². The van der Waals surface area contributed by atoms with Gasteiger partial charge in [0.15, 0.2) is 5.82 Å². The minimum absolute atomic E-state index is 0.0381. The van der Waals surface area contributed by atoms with Crippen LogP contribution in [0.15, 0.2) is 36.4 Å². The molecule has 4 saturated heterocycles. The van der Waals surface area contributed by atoms with Gasteiger partial charge in [-0.15, -0.1) is 6.42 Å². The highest BCUT2D eigenvalue weighted by Crippen LogP contribution is 2.46. The Morgan fingerprint density at radius 3 is 2.88 bits per heavy atom. The minimum atomic E-state index is -0.981. The first-order valence-corrected chi connectivity index (χ1v) is 16.4. The van der Waals surface area contributed by atoms with E-state index in [0.717, 1.165) is 18.4 Å². The third-order valence-electron chi connectivity index (χ3n) is 10.8. The van der Waals surface area contributed by atoms with Crippen molar-refractivity contribution in [2.75, 3.05) is 37.7 Å². The number of anilines is 1. The number of nitrogens with one attached hydrogen (secondary N) is 1. The maximum atomic E-state index is 17.1.